The molecule has 0 radical (unpaired) electrons. The zero-order chi connectivity index (χ0) is 14.6. The van der Waals surface area contributed by atoms with E-state index in [2.05, 4.69) is 25.7 Å². The van der Waals surface area contributed by atoms with Crippen molar-refractivity contribution in [2.45, 2.75) is 96.2 Å². The van der Waals surface area contributed by atoms with Crippen LogP contribution in [0.15, 0.2) is 0 Å². The molecule has 3 atom stereocenters. The molecule has 2 nitrogen and oxygen atoms in total. The number of hydrogen-bond acceptors (Lipinski definition) is 2. The van der Waals surface area contributed by atoms with E-state index in [9.17, 15) is 0 Å². The molecule has 1 saturated heterocycles. The van der Waals surface area contributed by atoms with Gasteiger partial charge in [-0.2, -0.15) is 0 Å². The van der Waals surface area contributed by atoms with E-state index in [-0.39, 0.29) is 5.54 Å². The predicted molar refractivity (Wildman–Crippen MR) is 86.1 cm³/mol. The molecule has 1 aliphatic heterocycles. The van der Waals surface area contributed by atoms with Gasteiger partial charge in [-0.15, -0.1) is 0 Å². The number of likely N-dealkylation sites (tertiary alicyclic amines) is 1. The molecule has 0 spiro atoms. The third-order valence-electron chi connectivity index (χ3n) is 5.66. The minimum absolute atomic E-state index is 0.248. The van der Waals surface area contributed by atoms with Crippen LogP contribution in [-0.4, -0.2) is 36.2 Å². The molecule has 0 aromatic carbocycles. The summed E-state index contributed by atoms with van der Waals surface area (Å²) in [5, 5.41) is 0. The summed E-state index contributed by atoms with van der Waals surface area (Å²) in [6.45, 7) is 8.07. The van der Waals surface area contributed by atoms with Crippen molar-refractivity contribution in [2.24, 2.45) is 5.92 Å². The molecule has 0 amide bonds. The van der Waals surface area contributed by atoms with Crippen molar-refractivity contribution >= 4 is 0 Å². The molecule has 0 N–H and O–H groups in total. The molecule has 2 heteroatoms. The van der Waals surface area contributed by atoms with E-state index in [4.69, 9.17) is 4.74 Å². The highest BCUT2D eigenvalue weighted by Gasteiger charge is 2.44. The second-order valence-corrected chi connectivity index (χ2v) is 7.64. The van der Waals surface area contributed by atoms with Gasteiger partial charge in [0, 0.05) is 24.7 Å². The predicted octanol–water partition coefficient (Wildman–Crippen LogP) is 4.62. The second-order valence-electron chi connectivity index (χ2n) is 7.64. The Morgan fingerprint density at radius 1 is 1.05 bits per heavy atom. The SMILES string of the molecule is COCC1(C)CCC2CCCCCCCC2N1C(C)C. The molecule has 2 fully saturated rings. The summed E-state index contributed by atoms with van der Waals surface area (Å²) in [4.78, 5) is 2.83. The lowest BCUT2D eigenvalue weighted by atomic mass is 9.75. The van der Waals surface area contributed by atoms with Gasteiger partial charge in [0.15, 0.2) is 0 Å². The van der Waals surface area contributed by atoms with Crippen molar-refractivity contribution in [1.82, 2.24) is 4.90 Å². The van der Waals surface area contributed by atoms with E-state index in [0.29, 0.717) is 6.04 Å². The second kappa shape index (κ2) is 7.26. The molecule has 1 heterocycles. The zero-order valence-electron chi connectivity index (χ0n) is 14.2. The normalized spacial score (nSPS) is 37.0. The Kier molecular flexibility index (Phi) is 5.92. The van der Waals surface area contributed by atoms with Gasteiger partial charge in [-0.25, -0.2) is 0 Å². The van der Waals surface area contributed by atoms with Crippen LogP contribution in [0.5, 0.6) is 0 Å². The van der Waals surface area contributed by atoms with Crippen LogP contribution < -0.4 is 0 Å². The maximum Gasteiger partial charge on any atom is 0.0644 e. The summed E-state index contributed by atoms with van der Waals surface area (Å²) >= 11 is 0. The molecule has 118 valence electrons. The quantitative estimate of drug-likeness (QED) is 0.748. The lowest BCUT2D eigenvalue weighted by Crippen LogP contribution is -2.62. The van der Waals surface area contributed by atoms with Gasteiger partial charge in [-0.1, -0.05) is 32.1 Å². The van der Waals surface area contributed by atoms with Crippen molar-refractivity contribution in [3.8, 4) is 0 Å². The molecule has 0 aromatic rings. The van der Waals surface area contributed by atoms with Crippen molar-refractivity contribution in [3.05, 3.63) is 0 Å². The van der Waals surface area contributed by atoms with Gasteiger partial charge in [-0.05, 0) is 52.4 Å². The molecule has 0 aromatic heterocycles. The Morgan fingerprint density at radius 3 is 2.35 bits per heavy atom. The number of fused-ring (bicyclic) bond motifs is 1. The van der Waals surface area contributed by atoms with Gasteiger partial charge in [0.25, 0.3) is 0 Å². The van der Waals surface area contributed by atoms with E-state index < -0.39 is 0 Å². The Labute approximate surface area is 126 Å². The first-order valence-electron chi connectivity index (χ1n) is 8.86. The Balaban J connectivity index is 2.19. The van der Waals surface area contributed by atoms with Crippen LogP contribution in [0, 0.1) is 5.92 Å². The third-order valence-corrected chi connectivity index (χ3v) is 5.66. The highest BCUT2D eigenvalue weighted by Crippen LogP contribution is 2.41. The summed E-state index contributed by atoms with van der Waals surface area (Å²) in [7, 11) is 1.86. The summed E-state index contributed by atoms with van der Waals surface area (Å²) < 4.78 is 5.58. The van der Waals surface area contributed by atoms with Gasteiger partial charge in [0.2, 0.25) is 0 Å². The molecular weight excluding hydrogens is 246 g/mol. The first kappa shape index (κ1) is 16.3. The van der Waals surface area contributed by atoms with Gasteiger partial charge in [-0.3, -0.25) is 4.90 Å². The minimum Gasteiger partial charge on any atom is -0.383 e. The van der Waals surface area contributed by atoms with Crippen LogP contribution >= 0.6 is 0 Å². The topological polar surface area (TPSA) is 12.5 Å². The van der Waals surface area contributed by atoms with E-state index in [1.54, 1.807) is 0 Å². The molecule has 2 aliphatic rings. The molecule has 3 unspecified atom stereocenters. The Morgan fingerprint density at radius 2 is 1.70 bits per heavy atom. The average molecular weight is 281 g/mol. The van der Waals surface area contributed by atoms with Gasteiger partial charge < -0.3 is 4.74 Å². The highest BCUT2D eigenvalue weighted by atomic mass is 16.5. The maximum atomic E-state index is 5.58. The summed E-state index contributed by atoms with van der Waals surface area (Å²) in [5.74, 6) is 0.931. The first-order chi connectivity index (χ1) is 9.58. The van der Waals surface area contributed by atoms with Crippen LogP contribution in [0.25, 0.3) is 0 Å². The van der Waals surface area contributed by atoms with Crippen LogP contribution in [-0.2, 0) is 4.74 Å². The standard InChI is InChI=1S/C18H35NO/c1-15(2)19-17-11-9-7-5-6-8-10-16(17)12-13-18(19,3)14-20-4/h15-17H,5-14H2,1-4H3. The summed E-state index contributed by atoms with van der Waals surface area (Å²) in [6.07, 6.45) is 12.8. The van der Waals surface area contributed by atoms with Crippen molar-refractivity contribution in [1.29, 1.82) is 0 Å². The largest absolute Gasteiger partial charge is 0.383 e. The van der Waals surface area contributed by atoms with Gasteiger partial charge in [0.1, 0.15) is 0 Å². The van der Waals surface area contributed by atoms with Crippen molar-refractivity contribution in [3.63, 3.8) is 0 Å². The fourth-order valence-electron chi connectivity index (χ4n) is 4.91. The van der Waals surface area contributed by atoms with E-state index in [0.717, 1.165) is 18.6 Å². The smallest absolute Gasteiger partial charge is 0.0644 e. The van der Waals surface area contributed by atoms with Crippen molar-refractivity contribution < 1.29 is 4.74 Å². The maximum absolute atomic E-state index is 5.58. The fourth-order valence-corrected chi connectivity index (χ4v) is 4.91. The molecule has 0 bridgehead atoms. The fraction of sp³-hybridized carbons (Fsp3) is 1.00. The highest BCUT2D eigenvalue weighted by molar-refractivity contribution is 4.99. The summed E-state index contributed by atoms with van der Waals surface area (Å²) in [5.41, 5.74) is 0.248. The molecule has 20 heavy (non-hydrogen) atoms. The van der Waals surface area contributed by atoms with E-state index in [1.807, 2.05) is 7.11 Å². The van der Waals surface area contributed by atoms with Crippen molar-refractivity contribution in [2.75, 3.05) is 13.7 Å². The number of ether oxygens (including phenoxy) is 1. The third kappa shape index (κ3) is 3.57. The molecule has 1 saturated carbocycles. The van der Waals surface area contributed by atoms with Gasteiger partial charge in [0.05, 0.1) is 6.61 Å². The monoisotopic (exact) mass is 281 g/mol. The van der Waals surface area contributed by atoms with E-state index in [1.165, 1.54) is 57.8 Å². The number of rotatable bonds is 3. The Bertz CT molecular complexity index is 291. The first-order valence-corrected chi connectivity index (χ1v) is 8.86. The minimum atomic E-state index is 0.248. The lowest BCUT2D eigenvalue weighted by Gasteiger charge is -2.55. The number of hydrogen-bond donors (Lipinski definition) is 0. The summed E-state index contributed by atoms with van der Waals surface area (Å²) in [6, 6.07) is 1.42. The molecule has 1 aliphatic carbocycles. The van der Waals surface area contributed by atoms with Crippen LogP contribution in [0.4, 0.5) is 0 Å². The van der Waals surface area contributed by atoms with E-state index >= 15 is 0 Å². The number of methoxy groups -OCH3 is 1. The molecule has 2 rings (SSSR count). The molecular formula is C18H35NO. The van der Waals surface area contributed by atoms with Crippen LogP contribution in [0.2, 0.25) is 0 Å². The van der Waals surface area contributed by atoms with Gasteiger partial charge >= 0.3 is 0 Å². The van der Waals surface area contributed by atoms with Crippen LogP contribution in [0.3, 0.4) is 0 Å². The van der Waals surface area contributed by atoms with Crippen LogP contribution in [0.1, 0.15) is 78.6 Å². The lowest BCUT2D eigenvalue weighted by molar-refractivity contribution is -0.0830. The number of nitrogens with zero attached hydrogens (tertiary/aromatic N) is 1. The Hall–Kier alpha value is -0.0800. The zero-order valence-corrected chi connectivity index (χ0v) is 14.2. The number of piperidine rings is 1. The average Bonchev–Trinajstić information content (AvgIpc) is 2.49.